The maximum Gasteiger partial charge on any atom is 0.242 e. The van der Waals surface area contributed by atoms with Gasteiger partial charge >= 0.3 is 0 Å². The molecule has 32 heavy (non-hydrogen) atoms. The first-order valence-electron chi connectivity index (χ1n) is 9.49. The van der Waals surface area contributed by atoms with E-state index in [0.29, 0.717) is 25.3 Å². The minimum absolute atomic E-state index is 0.151. The minimum Gasteiger partial charge on any atom is -0.395 e. The van der Waals surface area contributed by atoms with Crippen molar-refractivity contribution in [1.29, 1.82) is 0 Å². The molecule has 2 heterocycles. The summed E-state index contributed by atoms with van der Waals surface area (Å²) in [7, 11) is -9.05. The predicted octanol–water partition coefficient (Wildman–Crippen LogP) is -4.12. The van der Waals surface area contributed by atoms with Crippen LogP contribution >= 0.6 is 0 Å². The van der Waals surface area contributed by atoms with Crippen molar-refractivity contribution in [3.8, 4) is 11.4 Å². The molecule has 17 heteroatoms. The normalized spacial score (nSPS) is 18.6. The van der Waals surface area contributed by atoms with Gasteiger partial charge in [0.25, 0.3) is 0 Å². The summed E-state index contributed by atoms with van der Waals surface area (Å²) < 4.78 is 53.2. The standard InChI is InChI=1S/C15H25N9O6S2/c16-5-10(26)6-19-32(29,30)12-2-1-11(24-4-3-18-9(7-24)8-25)13(14(12)31(17,27)28)15-20-22-23-21-15/h1-2,9-10,18-19,25-26H,3-8,16H2,(H2,17,27,28)(H,20,21,22,23)/t9?,10-/m1/s1. The van der Waals surface area contributed by atoms with Crippen molar-refractivity contribution >= 4 is 25.7 Å². The van der Waals surface area contributed by atoms with Gasteiger partial charge in [-0.1, -0.05) is 0 Å². The van der Waals surface area contributed by atoms with Gasteiger partial charge in [0.15, 0.2) is 0 Å². The lowest BCUT2D eigenvalue weighted by molar-refractivity contribution is 0.186. The molecule has 2 atom stereocenters. The van der Waals surface area contributed by atoms with E-state index in [1.54, 1.807) is 4.90 Å². The number of aromatic nitrogens is 4. The molecule has 1 unspecified atom stereocenters. The summed E-state index contributed by atoms with van der Waals surface area (Å²) in [5.41, 5.74) is 5.45. The summed E-state index contributed by atoms with van der Waals surface area (Å²) >= 11 is 0. The Labute approximate surface area is 184 Å². The molecule has 9 N–H and O–H groups in total. The molecule has 15 nitrogen and oxygen atoms in total. The van der Waals surface area contributed by atoms with Crippen molar-refractivity contribution in [3.63, 3.8) is 0 Å². The number of nitrogens with zero attached hydrogens (tertiary/aromatic N) is 4. The summed E-state index contributed by atoms with van der Waals surface area (Å²) in [6, 6.07) is 2.22. The topological polar surface area (TPSA) is 243 Å². The number of H-pyrrole nitrogens is 1. The van der Waals surface area contributed by atoms with E-state index in [1.165, 1.54) is 6.07 Å². The molecule has 1 saturated heterocycles. The van der Waals surface area contributed by atoms with Crippen molar-refractivity contribution < 1.29 is 27.0 Å². The number of nitrogens with two attached hydrogens (primary N) is 2. The van der Waals surface area contributed by atoms with Gasteiger partial charge in [-0.3, -0.25) is 0 Å². The lowest BCUT2D eigenvalue weighted by Gasteiger charge is -2.35. The third-order valence-corrected chi connectivity index (χ3v) is 7.43. The lowest BCUT2D eigenvalue weighted by Crippen LogP contribution is -2.52. The first-order valence-corrected chi connectivity index (χ1v) is 12.5. The molecule has 1 aliphatic heterocycles. The molecule has 0 aliphatic carbocycles. The highest BCUT2D eigenvalue weighted by atomic mass is 32.2. The van der Waals surface area contributed by atoms with Gasteiger partial charge in [-0.05, 0) is 17.3 Å². The number of tetrazole rings is 1. The van der Waals surface area contributed by atoms with Gasteiger partial charge in [0.2, 0.25) is 25.9 Å². The van der Waals surface area contributed by atoms with Crippen LogP contribution in [0.25, 0.3) is 11.4 Å². The Morgan fingerprint density at radius 3 is 2.66 bits per heavy atom. The first-order chi connectivity index (χ1) is 15.1. The van der Waals surface area contributed by atoms with Crippen LogP contribution in [-0.2, 0) is 20.0 Å². The predicted molar refractivity (Wildman–Crippen MR) is 112 cm³/mol. The molecule has 0 spiro atoms. The zero-order valence-corrected chi connectivity index (χ0v) is 18.5. The number of aliphatic hydroxyl groups is 2. The van der Waals surface area contributed by atoms with E-state index in [4.69, 9.17) is 10.9 Å². The summed E-state index contributed by atoms with van der Waals surface area (Å²) in [6.45, 7) is 0.428. The maximum atomic E-state index is 12.9. The Morgan fingerprint density at radius 2 is 2.06 bits per heavy atom. The second-order valence-electron chi connectivity index (χ2n) is 7.09. The van der Waals surface area contributed by atoms with E-state index in [-0.39, 0.29) is 30.6 Å². The Bertz CT molecular complexity index is 1140. The third kappa shape index (κ3) is 5.21. The van der Waals surface area contributed by atoms with Gasteiger partial charge in [0.1, 0.15) is 9.79 Å². The fraction of sp³-hybridized carbons (Fsp3) is 0.533. The van der Waals surface area contributed by atoms with Crippen LogP contribution in [0.15, 0.2) is 21.9 Å². The van der Waals surface area contributed by atoms with Gasteiger partial charge in [0, 0.05) is 44.5 Å². The number of rotatable bonds is 9. The molecule has 2 aromatic rings. The molecule has 0 saturated carbocycles. The maximum absolute atomic E-state index is 12.9. The second kappa shape index (κ2) is 9.71. The van der Waals surface area contributed by atoms with E-state index in [2.05, 4.69) is 30.7 Å². The van der Waals surface area contributed by atoms with Crippen LogP contribution in [-0.4, -0.2) is 99.1 Å². The van der Waals surface area contributed by atoms with Crippen LogP contribution in [0.4, 0.5) is 5.69 Å². The second-order valence-corrected chi connectivity index (χ2v) is 10.3. The van der Waals surface area contributed by atoms with Crippen LogP contribution < -0.4 is 25.8 Å². The van der Waals surface area contributed by atoms with Crippen LogP contribution in [0.2, 0.25) is 0 Å². The average molecular weight is 492 g/mol. The third-order valence-electron chi connectivity index (χ3n) is 4.84. The van der Waals surface area contributed by atoms with Gasteiger partial charge < -0.3 is 26.2 Å². The van der Waals surface area contributed by atoms with Crippen molar-refractivity contribution in [1.82, 2.24) is 30.7 Å². The van der Waals surface area contributed by atoms with Crippen molar-refractivity contribution in [3.05, 3.63) is 12.1 Å². The number of hydrogen-bond acceptors (Lipinski definition) is 12. The van der Waals surface area contributed by atoms with Crippen molar-refractivity contribution in [2.75, 3.05) is 44.2 Å². The quantitative estimate of drug-likeness (QED) is 0.177. The summed E-state index contributed by atoms with van der Waals surface area (Å²) in [5, 5.41) is 41.0. The van der Waals surface area contributed by atoms with Gasteiger partial charge in [-0.15, -0.1) is 10.2 Å². The fourth-order valence-electron chi connectivity index (χ4n) is 3.33. The monoisotopic (exact) mass is 491 g/mol. The molecule has 0 bridgehead atoms. The van der Waals surface area contributed by atoms with Crippen LogP contribution in [0.1, 0.15) is 0 Å². The first kappa shape index (κ1) is 24.4. The zero-order chi connectivity index (χ0) is 23.5. The molecule has 3 rings (SSSR count). The van der Waals surface area contributed by atoms with E-state index in [0.717, 1.165) is 6.07 Å². The molecule has 1 fully saturated rings. The number of primary sulfonamides is 1. The smallest absolute Gasteiger partial charge is 0.242 e. The zero-order valence-electron chi connectivity index (χ0n) is 16.8. The fourth-order valence-corrected chi connectivity index (χ4v) is 6.00. The highest BCUT2D eigenvalue weighted by Crippen LogP contribution is 2.38. The summed E-state index contributed by atoms with van der Waals surface area (Å²) in [6.07, 6.45) is -1.17. The van der Waals surface area contributed by atoms with Gasteiger partial charge in [0.05, 0.1) is 18.3 Å². The van der Waals surface area contributed by atoms with E-state index in [9.17, 15) is 27.0 Å². The number of piperazine rings is 1. The highest BCUT2D eigenvalue weighted by Gasteiger charge is 2.34. The average Bonchev–Trinajstić information content (AvgIpc) is 3.30. The molecule has 178 valence electrons. The van der Waals surface area contributed by atoms with Crippen molar-refractivity contribution in [2.24, 2.45) is 10.9 Å². The number of benzene rings is 1. The summed E-state index contributed by atoms with van der Waals surface area (Å²) in [5.74, 6) is -0.179. The molecule has 1 aliphatic rings. The van der Waals surface area contributed by atoms with Crippen molar-refractivity contribution in [2.45, 2.75) is 21.9 Å². The number of nitrogens with one attached hydrogen (secondary N) is 3. The molecule has 1 aromatic heterocycles. The van der Waals surface area contributed by atoms with Crippen LogP contribution in [0, 0.1) is 0 Å². The van der Waals surface area contributed by atoms with Crippen LogP contribution in [0.3, 0.4) is 0 Å². The number of hydrogen-bond donors (Lipinski definition) is 7. The molecular weight excluding hydrogens is 466 g/mol. The number of aromatic amines is 1. The van der Waals surface area contributed by atoms with Gasteiger partial charge in [-0.25, -0.2) is 26.7 Å². The number of aliphatic hydroxyl groups excluding tert-OH is 2. The SMILES string of the molecule is NC[C@@H](O)CNS(=O)(=O)c1ccc(N2CCNC(CO)C2)c(-c2nn[nH]n2)c1S(N)(=O)=O. The van der Waals surface area contributed by atoms with Gasteiger partial charge in [-0.2, -0.15) is 5.21 Å². The Hall–Kier alpha value is -2.25. The Kier molecular flexibility index (Phi) is 7.40. The highest BCUT2D eigenvalue weighted by molar-refractivity contribution is 7.92. The molecule has 0 radical (unpaired) electrons. The number of sulfonamides is 2. The largest absolute Gasteiger partial charge is 0.395 e. The number of anilines is 1. The van der Waals surface area contributed by atoms with E-state index >= 15 is 0 Å². The molecular formula is C15H25N9O6S2. The molecule has 0 amide bonds. The van der Waals surface area contributed by atoms with E-state index < -0.39 is 42.5 Å². The lowest BCUT2D eigenvalue weighted by atomic mass is 10.1. The Morgan fingerprint density at radius 1 is 1.31 bits per heavy atom. The van der Waals surface area contributed by atoms with Crippen LogP contribution in [0.5, 0.6) is 0 Å². The summed E-state index contributed by atoms with van der Waals surface area (Å²) in [4.78, 5) is 0.409. The van der Waals surface area contributed by atoms with E-state index in [1.807, 2.05) is 0 Å². The molecule has 1 aromatic carbocycles. The minimum atomic E-state index is -4.62. The Balaban J connectivity index is 2.22.